The van der Waals surface area contributed by atoms with Gasteiger partial charge in [0.05, 0.1) is 19.1 Å². The number of thiophene rings is 1. The third-order valence-corrected chi connectivity index (χ3v) is 3.51. The summed E-state index contributed by atoms with van der Waals surface area (Å²) in [5.74, 6) is -0.0598. The largest absolute Gasteiger partial charge is 0.497 e. The van der Waals surface area contributed by atoms with E-state index in [1.165, 1.54) is 11.3 Å². The van der Waals surface area contributed by atoms with Crippen LogP contribution in [0.5, 0.6) is 5.75 Å². The first-order valence-corrected chi connectivity index (χ1v) is 6.78. The Kier molecular flexibility index (Phi) is 4.37. The van der Waals surface area contributed by atoms with Crippen LogP contribution in [0.1, 0.15) is 15.9 Å². The molecule has 104 valence electrons. The van der Waals surface area contributed by atoms with Crippen LogP contribution < -0.4 is 15.8 Å². The lowest BCUT2D eigenvalue weighted by atomic mass is 10.1. The first-order valence-electron chi connectivity index (χ1n) is 5.90. The molecule has 0 saturated carbocycles. The van der Waals surface area contributed by atoms with Crippen molar-refractivity contribution in [3.8, 4) is 5.75 Å². The Hall–Kier alpha value is -2.34. The Morgan fingerprint density at radius 1 is 1.35 bits per heavy atom. The zero-order chi connectivity index (χ0) is 14.5. The maximum Gasteiger partial charge on any atom is 0.251 e. The molecule has 0 bridgehead atoms. The van der Waals surface area contributed by atoms with Gasteiger partial charge in [0, 0.05) is 0 Å². The van der Waals surface area contributed by atoms with Crippen LogP contribution in [-0.2, 0) is 11.2 Å². The van der Waals surface area contributed by atoms with Crippen LogP contribution in [0.4, 0.5) is 5.00 Å². The molecule has 5 nitrogen and oxygen atoms in total. The normalized spacial score (nSPS) is 10.1. The number of carbonyl (C=O) groups excluding carboxylic acids is 2. The molecule has 0 aliphatic rings. The number of primary amides is 1. The van der Waals surface area contributed by atoms with Gasteiger partial charge in [0.15, 0.2) is 0 Å². The number of carbonyl (C=O) groups is 2. The maximum absolute atomic E-state index is 12.0. The van der Waals surface area contributed by atoms with Gasteiger partial charge in [0.1, 0.15) is 10.8 Å². The van der Waals surface area contributed by atoms with Crippen molar-refractivity contribution >= 4 is 28.2 Å². The standard InChI is InChI=1S/C14H14N2O3S/c1-19-10-4-2-3-9(7-10)8-12(17)16-14-11(13(15)18)5-6-20-14/h2-7H,8H2,1H3,(H2,15,18)(H,16,17). The minimum absolute atomic E-state index is 0.202. The third kappa shape index (κ3) is 3.36. The van der Waals surface area contributed by atoms with Gasteiger partial charge in [0.2, 0.25) is 5.91 Å². The highest BCUT2D eigenvalue weighted by Crippen LogP contribution is 2.23. The van der Waals surface area contributed by atoms with E-state index in [9.17, 15) is 9.59 Å². The Balaban J connectivity index is 2.05. The molecule has 2 aromatic rings. The lowest BCUT2D eigenvalue weighted by Crippen LogP contribution is -2.17. The fourth-order valence-electron chi connectivity index (χ4n) is 1.74. The molecule has 20 heavy (non-hydrogen) atoms. The first-order chi connectivity index (χ1) is 9.60. The van der Waals surface area contributed by atoms with Crippen molar-refractivity contribution in [2.45, 2.75) is 6.42 Å². The maximum atomic E-state index is 12.0. The zero-order valence-electron chi connectivity index (χ0n) is 10.9. The van der Waals surface area contributed by atoms with Crippen LogP contribution in [0.25, 0.3) is 0 Å². The summed E-state index contributed by atoms with van der Waals surface area (Å²) >= 11 is 1.27. The molecule has 0 aliphatic heterocycles. The summed E-state index contributed by atoms with van der Waals surface area (Å²) in [7, 11) is 1.57. The summed E-state index contributed by atoms with van der Waals surface area (Å²) < 4.78 is 5.10. The molecule has 1 aromatic carbocycles. The minimum atomic E-state index is -0.553. The molecule has 0 aliphatic carbocycles. The van der Waals surface area contributed by atoms with Crippen LogP contribution in [0, 0.1) is 0 Å². The van der Waals surface area contributed by atoms with E-state index < -0.39 is 5.91 Å². The van der Waals surface area contributed by atoms with Gasteiger partial charge in [-0.05, 0) is 29.1 Å². The van der Waals surface area contributed by atoms with Gasteiger partial charge in [-0.2, -0.15) is 0 Å². The van der Waals surface area contributed by atoms with Crippen molar-refractivity contribution in [3.05, 3.63) is 46.8 Å². The van der Waals surface area contributed by atoms with E-state index in [0.717, 1.165) is 5.56 Å². The smallest absolute Gasteiger partial charge is 0.251 e. The monoisotopic (exact) mass is 290 g/mol. The summed E-state index contributed by atoms with van der Waals surface area (Å²) in [6.07, 6.45) is 0.202. The Morgan fingerprint density at radius 3 is 2.85 bits per heavy atom. The molecule has 0 radical (unpaired) electrons. The lowest BCUT2D eigenvalue weighted by molar-refractivity contribution is -0.115. The van der Waals surface area contributed by atoms with Gasteiger partial charge in [-0.1, -0.05) is 12.1 Å². The third-order valence-electron chi connectivity index (χ3n) is 2.68. The molecule has 2 amide bonds. The highest BCUT2D eigenvalue weighted by molar-refractivity contribution is 7.14. The summed E-state index contributed by atoms with van der Waals surface area (Å²) in [6, 6.07) is 8.86. The molecule has 0 atom stereocenters. The molecule has 1 aromatic heterocycles. The van der Waals surface area contributed by atoms with Gasteiger partial charge in [-0.25, -0.2) is 0 Å². The van der Waals surface area contributed by atoms with Crippen LogP contribution in [0.2, 0.25) is 0 Å². The zero-order valence-corrected chi connectivity index (χ0v) is 11.7. The number of rotatable bonds is 5. The topological polar surface area (TPSA) is 81.4 Å². The van der Waals surface area contributed by atoms with Crippen LogP contribution in [-0.4, -0.2) is 18.9 Å². The van der Waals surface area contributed by atoms with Crippen LogP contribution in [0.15, 0.2) is 35.7 Å². The number of nitrogens with two attached hydrogens (primary N) is 1. The summed E-state index contributed by atoms with van der Waals surface area (Å²) in [4.78, 5) is 23.1. The molecular weight excluding hydrogens is 276 g/mol. The second kappa shape index (κ2) is 6.21. The summed E-state index contributed by atoms with van der Waals surface area (Å²) in [6.45, 7) is 0. The number of benzene rings is 1. The van der Waals surface area contributed by atoms with Gasteiger partial charge in [-0.3, -0.25) is 9.59 Å². The van der Waals surface area contributed by atoms with Crippen LogP contribution >= 0.6 is 11.3 Å². The van der Waals surface area contributed by atoms with Crippen molar-refractivity contribution in [2.24, 2.45) is 5.73 Å². The number of ether oxygens (including phenoxy) is 1. The van der Waals surface area contributed by atoms with Crippen molar-refractivity contribution in [2.75, 3.05) is 12.4 Å². The van der Waals surface area contributed by atoms with E-state index in [1.807, 2.05) is 18.2 Å². The summed E-state index contributed by atoms with van der Waals surface area (Å²) in [5, 5.41) is 4.88. The van der Waals surface area contributed by atoms with Gasteiger partial charge < -0.3 is 15.8 Å². The molecule has 6 heteroatoms. The SMILES string of the molecule is COc1cccc(CC(=O)Nc2sccc2C(N)=O)c1. The van der Waals surface area contributed by atoms with Crippen molar-refractivity contribution in [1.82, 2.24) is 0 Å². The second-order valence-electron chi connectivity index (χ2n) is 4.10. The van der Waals surface area contributed by atoms with Gasteiger partial charge >= 0.3 is 0 Å². The fraction of sp³-hybridized carbons (Fsp3) is 0.143. The van der Waals surface area contributed by atoms with Crippen molar-refractivity contribution in [1.29, 1.82) is 0 Å². The van der Waals surface area contributed by atoms with E-state index in [0.29, 0.717) is 16.3 Å². The van der Waals surface area contributed by atoms with E-state index in [-0.39, 0.29) is 12.3 Å². The predicted molar refractivity (Wildman–Crippen MR) is 78.2 cm³/mol. The van der Waals surface area contributed by atoms with E-state index in [4.69, 9.17) is 10.5 Å². The quantitative estimate of drug-likeness (QED) is 0.884. The second-order valence-corrected chi connectivity index (χ2v) is 5.02. The van der Waals surface area contributed by atoms with E-state index in [2.05, 4.69) is 5.32 Å². The van der Waals surface area contributed by atoms with Crippen molar-refractivity contribution in [3.63, 3.8) is 0 Å². The molecule has 0 saturated heterocycles. The number of hydrogen-bond acceptors (Lipinski definition) is 4. The number of hydrogen-bond donors (Lipinski definition) is 2. The highest BCUT2D eigenvalue weighted by atomic mass is 32.1. The number of anilines is 1. The molecule has 0 fully saturated rings. The van der Waals surface area contributed by atoms with E-state index >= 15 is 0 Å². The molecule has 3 N–H and O–H groups in total. The average molecular weight is 290 g/mol. The predicted octanol–water partition coefficient (Wildman–Crippen LogP) is 2.04. The van der Waals surface area contributed by atoms with E-state index in [1.54, 1.807) is 24.6 Å². The average Bonchev–Trinajstić information content (AvgIpc) is 2.87. The molecular formula is C14H14N2O3S. The number of nitrogens with one attached hydrogen (secondary N) is 1. The highest BCUT2D eigenvalue weighted by Gasteiger charge is 2.12. The molecule has 0 spiro atoms. The van der Waals surface area contributed by atoms with Crippen LogP contribution in [0.3, 0.4) is 0 Å². The summed E-state index contributed by atoms with van der Waals surface area (Å²) in [5.41, 5.74) is 6.39. The number of amides is 2. The molecule has 2 rings (SSSR count). The molecule has 0 unspecified atom stereocenters. The van der Waals surface area contributed by atoms with Gasteiger partial charge in [0.25, 0.3) is 5.91 Å². The lowest BCUT2D eigenvalue weighted by Gasteiger charge is -2.06. The minimum Gasteiger partial charge on any atom is -0.497 e. The first kappa shape index (κ1) is 14.1. The Bertz CT molecular complexity index is 637. The molecule has 1 heterocycles. The fourth-order valence-corrected chi connectivity index (χ4v) is 2.55. The Labute approximate surface area is 120 Å². The number of methoxy groups -OCH3 is 1. The van der Waals surface area contributed by atoms with Gasteiger partial charge in [-0.15, -0.1) is 11.3 Å². The van der Waals surface area contributed by atoms with Crippen molar-refractivity contribution < 1.29 is 14.3 Å². The Morgan fingerprint density at radius 2 is 2.15 bits per heavy atom.